The van der Waals surface area contributed by atoms with Gasteiger partial charge in [0.2, 0.25) is 0 Å². The van der Waals surface area contributed by atoms with Gasteiger partial charge in [0, 0.05) is 104 Å². The largest absolute Gasteiger partial charge is 0.350 e. The molecule has 232 valence electrons. The molecule has 0 N–H and O–H groups in total. The van der Waals surface area contributed by atoms with E-state index >= 15 is 0 Å². The van der Waals surface area contributed by atoms with E-state index < -0.39 is 6.43 Å². The zero-order chi connectivity index (χ0) is 30.8. The molecule has 0 bridgehead atoms. The first-order valence-corrected chi connectivity index (χ1v) is 16.4. The Hall–Kier alpha value is -3.75. The van der Waals surface area contributed by atoms with Crippen LogP contribution in [-0.2, 0) is 26.4 Å². The van der Waals surface area contributed by atoms with Gasteiger partial charge in [0.05, 0.1) is 11.6 Å². The summed E-state index contributed by atoms with van der Waals surface area (Å²) >= 11 is 0. The molecule has 8 rings (SSSR count). The van der Waals surface area contributed by atoms with Crippen molar-refractivity contribution in [2.45, 2.75) is 69.8 Å². The van der Waals surface area contributed by atoms with Crippen molar-refractivity contribution in [2.75, 3.05) is 38.1 Å². The zero-order valence-electron chi connectivity index (χ0n) is 26.1. The van der Waals surface area contributed by atoms with Crippen LogP contribution in [-0.4, -0.2) is 75.1 Å². The number of fused-ring (bicyclic) bond motifs is 3. The number of hydrogen-bond donors (Lipinski definition) is 0. The van der Waals surface area contributed by atoms with Crippen molar-refractivity contribution in [1.82, 2.24) is 29.1 Å². The predicted molar refractivity (Wildman–Crippen MR) is 173 cm³/mol. The highest BCUT2D eigenvalue weighted by molar-refractivity contribution is 6.70. The molecule has 7 heterocycles. The van der Waals surface area contributed by atoms with Crippen molar-refractivity contribution in [3.05, 3.63) is 59.2 Å². The third kappa shape index (κ3) is 4.85. The molecule has 0 saturated carbocycles. The summed E-state index contributed by atoms with van der Waals surface area (Å²) in [6.07, 6.45) is 9.70. The van der Waals surface area contributed by atoms with Crippen molar-refractivity contribution in [3.63, 3.8) is 0 Å². The lowest BCUT2D eigenvalue weighted by Gasteiger charge is -2.43. The quantitative estimate of drug-likeness (QED) is 0.258. The lowest BCUT2D eigenvalue weighted by Crippen LogP contribution is -2.50. The van der Waals surface area contributed by atoms with Gasteiger partial charge in [0.25, 0.3) is 13.1 Å². The number of nitriles is 1. The molecule has 0 atom stereocenters. The normalized spacial score (nSPS) is 20.0. The molecule has 1 aromatic carbocycles. The Morgan fingerprint density at radius 3 is 2.62 bits per heavy atom. The van der Waals surface area contributed by atoms with Crippen LogP contribution in [0.3, 0.4) is 0 Å². The number of benzene rings is 1. The van der Waals surface area contributed by atoms with Gasteiger partial charge in [0.15, 0.2) is 5.82 Å². The summed E-state index contributed by atoms with van der Waals surface area (Å²) in [5, 5.41) is 15.5. The standard InChI is InChI=1S/C34H39BF2N8/c1-41-11-8-31-29(19-41)34(40-45(31)23-6-12-43(13-7-23)24-16-35(17-24)21-38)44-10-3-4-22-14-25(26(33(36)37)15-32(22)44)28-20-42(2)30-5-9-39-18-27(28)30/h5,9,14-15,18,20,23-24,33H,3-4,6-8,10-13,16-17,19H2,1-2H3. The summed E-state index contributed by atoms with van der Waals surface area (Å²) in [4.78, 5) is 11.5. The number of anilines is 2. The molecule has 0 spiro atoms. The fourth-order valence-corrected chi connectivity index (χ4v) is 8.30. The molecule has 4 aliphatic rings. The van der Waals surface area contributed by atoms with E-state index in [1.165, 1.54) is 11.3 Å². The van der Waals surface area contributed by atoms with Crippen LogP contribution < -0.4 is 4.90 Å². The molecule has 11 heteroatoms. The molecule has 0 amide bonds. The Kier molecular flexibility index (Phi) is 7.18. The number of piperidine rings is 1. The van der Waals surface area contributed by atoms with E-state index in [2.05, 4.69) is 37.4 Å². The first kappa shape index (κ1) is 28.7. The molecule has 0 unspecified atom stereocenters. The Labute approximate surface area is 263 Å². The van der Waals surface area contributed by atoms with Gasteiger partial charge in [-0.2, -0.15) is 5.10 Å². The lowest BCUT2D eigenvalue weighted by molar-refractivity contribution is 0.136. The number of hydrogen-bond acceptors (Lipinski definition) is 6. The minimum absolute atomic E-state index is 0.0597. The predicted octanol–water partition coefficient (Wildman–Crippen LogP) is 6.02. The molecule has 2 saturated heterocycles. The summed E-state index contributed by atoms with van der Waals surface area (Å²) in [6.45, 7) is 4.87. The van der Waals surface area contributed by atoms with E-state index in [-0.39, 0.29) is 12.3 Å². The molecule has 45 heavy (non-hydrogen) atoms. The molecule has 3 aromatic heterocycles. The summed E-state index contributed by atoms with van der Waals surface area (Å²) in [7, 11) is 4.10. The molecule has 0 radical (unpaired) electrons. The van der Waals surface area contributed by atoms with Crippen molar-refractivity contribution in [2.24, 2.45) is 7.05 Å². The van der Waals surface area contributed by atoms with Crippen LogP contribution in [0.5, 0.6) is 0 Å². The fourth-order valence-electron chi connectivity index (χ4n) is 8.30. The summed E-state index contributed by atoms with van der Waals surface area (Å²) in [6, 6.07) is 6.57. The number of aryl methyl sites for hydroxylation is 2. The topological polar surface area (TPSA) is 69.2 Å². The van der Waals surface area contributed by atoms with Gasteiger partial charge >= 0.3 is 0 Å². The van der Waals surface area contributed by atoms with E-state index in [9.17, 15) is 14.0 Å². The average molecular weight is 609 g/mol. The van der Waals surface area contributed by atoms with Crippen molar-refractivity contribution >= 4 is 29.1 Å². The van der Waals surface area contributed by atoms with Gasteiger partial charge in [0.1, 0.15) is 0 Å². The number of likely N-dealkylation sites (tertiary alicyclic amines) is 1. The second kappa shape index (κ2) is 11.3. The summed E-state index contributed by atoms with van der Waals surface area (Å²) < 4.78 is 34.0. The van der Waals surface area contributed by atoms with Crippen LogP contribution in [0.15, 0.2) is 36.8 Å². The van der Waals surface area contributed by atoms with Gasteiger partial charge in [-0.25, -0.2) is 14.0 Å². The van der Waals surface area contributed by atoms with Crippen LogP contribution in [0.25, 0.3) is 22.0 Å². The summed E-state index contributed by atoms with van der Waals surface area (Å²) in [5.74, 6) is 3.36. The van der Waals surface area contributed by atoms with Crippen LogP contribution in [0.1, 0.15) is 54.1 Å². The number of pyridine rings is 1. The number of likely N-dealkylation sites (N-methyl/N-ethyl adjacent to an activating group) is 1. The maximum Gasteiger partial charge on any atom is 0.270 e. The van der Waals surface area contributed by atoms with Crippen molar-refractivity contribution in [3.8, 4) is 17.1 Å². The van der Waals surface area contributed by atoms with Crippen molar-refractivity contribution in [1.29, 1.82) is 5.26 Å². The third-order valence-electron chi connectivity index (χ3n) is 10.9. The lowest BCUT2D eigenvalue weighted by atomic mass is 9.34. The Morgan fingerprint density at radius 2 is 1.84 bits per heavy atom. The molecule has 0 aliphatic carbocycles. The number of nitrogens with zero attached hydrogens (tertiary/aromatic N) is 8. The molecule has 4 aliphatic heterocycles. The molecular formula is C34H39BF2N8. The van der Waals surface area contributed by atoms with Gasteiger partial charge in [-0.3, -0.25) is 9.67 Å². The second-order valence-corrected chi connectivity index (χ2v) is 13.6. The van der Waals surface area contributed by atoms with Gasteiger partial charge in [-0.1, -0.05) is 0 Å². The van der Waals surface area contributed by atoms with E-state index in [0.29, 0.717) is 17.6 Å². The van der Waals surface area contributed by atoms with E-state index in [0.717, 1.165) is 111 Å². The Bertz CT molecular complexity index is 1790. The molecule has 4 aromatic rings. The number of aromatic nitrogens is 4. The molecule has 8 nitrogen and oxygen atoms in total. The maximum atomic E-state index is 14.9. The van der Waals surface area contributed by atoms with E-state index in [1.807, 2.05) is 29.9 Å². The second-order valence-electron chi connectivity index (χ2n) is 13.6. The number of alkyl halides is 2. The number of rotatable bonds is 5. The molecular weight excluding hydrogens is 569 g/mol. The van der Waals surface area contributed by atoms with Gasteiger partial charge < -0.3 is 19.3 Å². The van der Waals surface area contributed by atoms with Gasteiger partial charge in [-0.05, 0) is 80.7 Å². The SMILES string of the molecule is CN1CCc2c(c(N3CCCc4cc(-c5cn(C)c6ccncc56)c(C(F)F)cc43)nn2C2CCN(C3CB(C#N)C3)CC2)C1. The van der Waals surface area contributed by atoms with Gasteiger partial charge in [-0.15, -0.1) is 0 Å². The highest BCUT2D eigenvalue weighted by Crippen LogP contribution is 2.45. The molecule has 2 fully saturated rings. The Morgan fingerprint density at radius 1 is 1.02 bits per heavy atom. The zero-order valence-corrected chi connectivity index (χ0v) is 26.1. The smallest absolute Gasteiger partial charge is 0.270 e. The average Bonchev–Trinajstić information content (AvgIpc) is 3.57. The van der Waals surface area contributed by atoms with Crippen LogP contribution in [0.2, 0.25) is 12.6 Å². The van der Waals surface area contributed by atoms with Crippen molar-refractivity contribution < 1.29 is 8.78 Å². The van der Waals surface area contributed by atoms with E-state index in [1.54, 1.807) is 18.5 Å². The fraction of sp³-hybridized carbons (Fsp3) is 0.500. The highest BCUT2D eigenvalue weighted by Gasteiger charge is 2.39. The third-order valence-corrected chi connectivity index (χ3v) is 10.9. The van der Waals surface area contributed by atoms with Crippen LogP contribution in [0, 0.1) is 11.2 Å². The minimum atomic E-state index is -2.61. The first-order valence-electron chi connectivity index (χ1n) is 16.4. The minimum Gasteiger partial charge on any atom is -0.350 e. The maximum absolute atomic E-state index is 14.9. The summed E-state index contributed by atoms with van der Waals surface area (Å²) in [5.41, 5.74) is 6.96. The monoisotopic (exact) mass is 608 g/mol. The Balaban J connectivity index is 1.16. The van der Waals surface area contributed by atoms with E-state index in [4.69, 9.17) is 5.10 Å². The first-order chi connectivity index (χ1) is 21.9. The van der Waals surface area contributed by atoms with Crippen LogP contribution in [0.4, 0.5) is 20.3 Å². The number of halogens is 2. The van der Waals surface area contributed by atoms with Crippen LogP contribution >= 0.6 is 0 Å². The highest BCUT2D eigenvalue weighted by atomic mass is 19.3.